The topological polar surface area (TPSA) is 130 Å². The molecule has 4 N–H and O–H groups in total. The molecule has 6 fully saturated rings. The average molecular weight is 604 g/mol. The van der Waals surface area contributed by atoms with Crippen molar-refractivity contribution in [2.24, 2.45) is 45.4 Å². The van der Waals surface area contributed by atoms with Crippen molar-refractivity contribution in [2.75, 3.05) is 13.2 Å². The Labute approximate surface area is 256 Å². The van der Waals surface area contributed by atoms with Gasteiger partial charge in [-0.2, -0.15) is 0 Å². The summed E-state index contributed by atoms with van der Waals surface area (Å²) >= 11 is 0. The van der Waals surface area contributed by atoms with E-state index in [4.69, 9.17) is 23.9 Å². The van der Waals surface area contributed by atoms with Crippen molar-refractivity contribution in [1.82, 2.24) is 0 Å². The minimum absolute atomic E-state index is 0.0149. The van der Waals surface area contributed by atoms with Gasteiger partial charge in [0.15, 0.2) is 12.1 Å². The Bertz CT molecular complexity index is 1120. The lowest BCUT2D eigenvalue weighted by molar-refractivity contribution is -0.313. The molecular weight excluding hydrogens is 550 g/mol. The van der Waals surface area contributed by atoms with E-state index < -0.39 is 43.1 Å². The van der Waals surface area contributed by atoms with E-state index in [0.29, 0.717) is 23.7 Å². The molecule has 9 heteroatoms. The molecule has 0 aromatic heterocycles. The zero-order chi connectivity index (χ0) is 30.5. The highest BCUT2D eigenvalue weighted by Crippen LogP contribution is 2.73. The summed E-state index contributed by atoms with van der Waals surface area (Å²) in [7, 11) is 0. The van der Waals surface area contributed by atoms with E-state index in [2.05, 4.69) is 40.5 Å². The van der Waals surface area contributed by atoms with E-state index in [9.17, 15) is 20.4 Å². The molecule has 0 aromatic rings. The second kappa shape index (κ2) is 10.6. The minimum atomic E-state index is -1.43. The first-order chi connectivity index (χ1) is 20.4. The first kappa shape index (κ1) is 30.7. The van der Waals surface area contributed by atoms with Crippen LogP contribution in [0.2, 0.25) is 0 Å². The number of nitrogens with zero attached hydrogens (tertiary/aromatic N) is 1. The number of ether oxygens (including phenoxy) is 4. The van der Waals surface area contributed by atoms with Gasteiger partial charge in [0.2, 0.25) is 0 Å². The van der Waals surface area contributed by atoms with Crippen molar-refractivity contribution in [3.63, 3.8) is 0 Å². The number of rotatable bonds is 4. The van der Waals surface area contributed by atoms with Gasteiger partial charge in [0.05, 0.1) is 31.0 Å². The van der Waals surface area contributed by atoms with Gasteiger partial charge in [-0.05, 0) is 92.6 Å². The Hall–Kier alpha value is -0.910. The quantitative estimate of drug-likeness (QED) is 0.284. The van der Waals surface area contributed by atoms with Crippen LogP contribution in [0, 0.1) is 40.4 Å². The highest BCUT2D eigenvalue weighted by Gasteiger charge is 2.76. The average Bonchev–Trinajstić information content (AvgIpc) is 3.39. The summed E-state index contributed by atoms with van der Waals surface area (Å²) in [4.78, 5) is 5.05. The lowest BCUT2D eigenvalue weighted by Gasteiger charge is -2.60. The van der Waals surface area contributed by atoms with Crippen LogP contribution in [0.5, 0.6) is 0 Å². The van der Waals surface area contributed by atoms with Crippen molar-refractivity contribution < 1.29 is 39.4 Å². The smallest absolute Gasteiger partial charge is 0.186 e. The third kappa shape index (κ3) is 4.14. The monoisotopic (exact) mass is 603 g/mol. The van der Waals surface area contributed by atoms with Crippen LogP contribution in [0.3, 0.4) is 0 Å². The van der Waals surface area contributed by atoms with Crippen LogP contribution >= 0.6 is 0 Å². The minimum Gasteiger partial charge on any atom is -0.394 e. The first-order valence-electron chi connectivity index (χ1n) is 16.9. The van der Waals surface area contributed by atoms with Gasteiger partial charge >= 0.3 is 0 Å². The summed E-state index contributed by atoms with van der Waals surface area (Å²) in [6.45, 7) is 14.0. The van der Waals surface area contributed by atoms with Crippen molar-refractivity contribution in [1.29, 1.82) is 0 Å². The Kier molecular flexibility index (Phi) is 7.54. The summed E-state index contributed by atoms with van der Waals surface area (Å²) in [6.07, 6.45) is 5.10. The van der Waals surface area contributed by atoms with Crippen LogP contribution in [0.4, 0.5) is 0 Å². The zero-order valence-electron chi connectivity index (χ0n) is 26.4. The highest BCUT2D eigenvalue weighted by molar-refractivity contribution is 5.36. The lowest BCUT2D eigenvalue weighted by Crippen LogP contribution is -2.60. The van der Waals surface area contributed by atoms with E-state index in [0.717, 1.165) is 64.4 Å². The van der Waals surface area contributed by atoms with Crippen LogP contribution in [0.1, 0.15) is 85.5 Å². The molecule has 3 saturated carbocycles. The Morgan fingerprint density at radius 3 is 2.51 bits per heavy atom. The van der Waals surface area contributed by atoms with Crippen molar-refractivity contribution >= 4 is 6.72 Å². The SMILES string of the molecule is C=NC12C(C[C@H]3[C@@H]4CC=C5C[C@@H](O[C@@H]6OC(CO)[C@@H](O)C(O)C6O)CC[C@]5(C)[C@H]4CC[C@@]31C)O[C@]1(CC[C@@H](C)CO1)[C@H]2C. The van der Waals surface area contributed by atoms with Crippen molar-refractivity contribution in [3.05, 3.63) is 11.6 Å². The van der Waals surface area contributed by atoms with E-state index in [1.807, 2.05) is 0 Å². The van der Waals surface area contributed by atoms with Crippen LogP contribution in [-0.4, -0.2) is 94.6 Å². The number of aliphatic hydroxyl groups is 4. The Morgan fingerprint density at radius 2 is 1.81 bits per heavy atom. The van der Waals surface area contributed by atoms with Gasteiger partial charge in [0.25, 0.3) is 0 Å². The van der Waals surface area contributed by atoms with Crippen LogP contribution < -0.4 is 0 Å². The van der Waals surface area contributed by atoms with Crippen molar-refractivity contribution in [2.45, 2.75) is 140 Å². The third-order valence-electron chi connectivity index (χ3n) is 14.0. The highest BCUT2D eigenvalue weighted by atomic mass is 16.7. The van der Waals surface area contributed by atoms with E-state index in [1.54, 1.807) is 0 Å². The van der Waals surface area contributed by atoms with Crippen LogP contribution in [0.25, 0.3) is 0 Å². The molecule has 1 spiro atoms. The predicted molar refractivity (Wildman–Crippen MR) is 159 cm³/mol. The molecule has 0 radical (unpaired) electrons. The fourth-order valence-electron chi connectivity index (χ4n) is 11.5. The number of hydrogen-bond acceptors (Lipinski definition) is 9. The fraction of sp³-hybridized carbons (Fsp3) is 0.912. The molecular formula is C34H53NO8. The van der Waals surface area contributed by atoms with E-state index in [-0.39, 0.29) is 34.5 Å². The summed E-state index contributed by atoms with van der Waals surface area (Å²) in [5, 5.41) is 40.5. The van der Waals surface area contributed by atoms with Gasteiger partial charge in [-0.15, -0.1) is 0 Å². The Balaban J connectivity index is 1.09. The van der Waals surface area contributed by atoms with Crippen molar-refractivity contribution in [3.8, 4) is 0 Å². The van der Waals surface area contributed by atoms with Gasteiger partial charge in [-0.1, -0.05) is 39.3 Å². The largest absolute Gasteiger partial charge is 0.394 e. The lowest BCUT2D eigenvalue weighted by atomic mass is 9.45. The Morgan fingerprint density at radius 1 is 1.02 bits per heavy atom. The summed E-state index contributed by atoms with van der Waals surface area (Å²) in [5.41, 5.74) is 1.20. The van der Waals surface area contributed by atoms with Gasteiger partial charge in [-0.3, -0.25) is 4.99 Å². The molecule has 5 unspecified atom stereocenters. The molecule has 3 saturated heterocycles. The van der Waals surface area contributed by atoms with E-state index in [1.165, 1.54) is 5.57 Å². The normalized spacial score (nSPS) is 57.8. The van der Waals surface area contributed by atoms with Gasteiger partial charge in [-0.25, -0.2) is 0 Å². The number of allylic oxidation sites excluding steroid dienone is 1. The molecule has 3 heterocycles. The van der Waals surface area contributed by atoms with E-state index >= 15 is 0 Å². The standard InChI is InChI=1S/C34H53NO8/c1-18-8-13-33(40-17-18)19(2)34(35-5)26(43-33)15-24-22-7-6-20-14-21(9-11-31(20,3)23(22)10-12-32(24,34)4)41-30-29(39)28(38)27(37)25(16-36)42-30/h6,18-19,21-30,36-39H,5,7-17H2,1-4H3/t18-,19-,21+,22-,23+,24+,25?,26?,27-,28?,29?,30-,31+,32+,33-,34?/m1/s1. The molecule has 9 nitrogen and oxygen atoms in total. The van der Waals surface area contributed by atoms with Crippen LogP contribution in [-0.2, 0) is 18.9 Å². The first-order valence-corrected chi connectivity index (χ1v) is 16.9. The van der Waals surface area contributed by atoms with Gasteiger partial charge < -0.3 is 39.4 Å². The fourth-order valence-corrected chi connectivity index (χ4v) is 11.5. The second-order valence-corrected chi connectivity index (χ2v) is 15.7. The predicted octanol–water partition coefficient (Wildman–Crippen LogP) is 3.36. The molecule has 43 heavy (non-hydrogen) atoms. The number of aliphatic hydroxyl groups excluding tert-OH is 4. The molecule has 0 bridgehead atoms. The maximum absolute atomic E-state index is 10.5. The summed E-state index contributed by atoms with van der Waals surface area (Å²) in [5.74, 6) is 1.86. The molecule has 4 aliphatic carbocycles. The zero-order valence-corrected chi connectivity index (χ0v) is 26.4. The third-order valence-corrected chi connectivity index (χ3v) is 14.0. The number of fused-ring (bicyclic) bond motifs is 7. The second-order valence-electron chi connectivity index (χ2n) is 15.7. The molecule has 0 aromatic carbocycles. The molecule has 0 amide bonds. The molecule has 16 atom stereocenters. The van der Waals surface area contributed by atoms with Crippen LogP contribution in [0.15, 0.2) is 16.6 Å². The number of aliphatic imine (C=N–C) groups is 1. The summed E-state index contributed by atoms with van der Waals surface area (Å²) < 4.78 is 25.4. The molecule has 242 valence electrons. The summed E-state index contributed by atoms with van der Waals surface area (Å²) in [6, 6.07) is 0. The number of hydrogen-bond donors (Lipinski definition) is 4. The maximum atomic E-state index is 10.5. The molecule has 3 aliphatic heterocycles. The maximum Gasteiger partial charge on any atom is 0.186 e. The molecule has 7 rings (SSSR count). The molecule has 7 aliphatic rings. The van der Waals surface area contributed by atoms with Gasteiger partial charge in [0, 0.05) is 12.3 Å². The van der Waals surface area contributed by atoms with Gasteiger partial charge in [0.1, 0.15) is 24.4 Å².